The van der Waals surface area contributed by atoms with Crippen LogP contribution in [0.1, 0.15) is 30.9 Å². The summed E-state index contributed by atoms with van der Waals surface area (Å²) in [5, 5.41) is 11.5. The van der Waals surface area contributed by atoms with Crippen molar-refractivity contribution in [3.05, 3.63) is 35.4 Å². The molecule has 1 aliphatic carbocycles. The lowest BCUT2D eigenvalue weighted by atomic mass is 10.0. The molecule has 6 heteroatoms. The van der Waals surface area contributed by atoms with Crippen LogP contribution in [0.5, 0.6) is 0 Å². The van der Waals surface area contributed by atoms with Crippen LogP contribution >= 0.6 is 7.60 Å². The van der Waals surface area contributed by atoms with Crippen LogP contribution in [0, 0.1) is 0 Å². The van der Waals surface area contributed by atoms with Gasteiger partial charge in [-0.3, -0.25) is 4.57 Å². The second kappa shape index (κ2) is 6.08. The molecule has 0 amide bonds. The van der Waals surface area contributed by atoms with Gasteiger partial charge >= 0.3 is 7.60 Å². The summed E-state index contributed by atoms with van der Waals surface area (Å²) < 4.78 is 23.5. The number of fused-ring (bicyclic) bond motifs is 1. The first-order valence-electron chi connectivity index (χ1n) is 6.71. The number of hydrogen-bond acceptors (Lipinski definition) is 5. The van der Waals surface area contributed by atoms with E-state index >= 15 is 0 Å². The standard InChI is InChI=1S/C14H19O5P/c1-3-18-20(17,19-4-2)12-9-10-7-5-6-8-11(10)13(12)14(15)16/h5-8,12-13H,3-4,9H2,1-2H3,(H,15,16)/p-1/t12-,13+/m1/s1. The van der Waals surface area contributed by atoms with E-state index in [0.29, 0.717) is 12.0 Å². The summed E-state index contributed by atoms with van der Waals surface area (Å²) in [6.07, 6.45) is 0.367. The monoisotopic (exact) mass is 297 g/mol. The minimum Gasteiger partial charge on any atom is -0.549 e. The molecule has 0 N–H and O–H groups in total. The van der Waals surface area contributed by atoms with Crippen molar-refractivity contribution >= 4 is 13.6 Å². The zero-order chi connectivity index (χ0) is 14.8. The maximum Gasteiger partial charge on any atom is 0.335 e. The van der Waals surface area contributed by atoms with Crippen molar-refractivity contribution in [2.24, 2.45) is 0 Å². The first-order valence-corrected chi connectivity index (χ1v) is 8.32. The third-order valence-corrected chi connectivity index (χ3v) is 6.01. The lowest BCUT2D eigenvalue weighted by Crippen LogP contribution is -2.35. The van der Waals surface area contributed by atoms with Gasteiger partial charge in [-0.15, -0.1) is 0 Å². The molecule has 20 heavy (non-hydrogen) atoms. The summed E-state index contributed by atoms with van der Waals surface area (Å²) >= 11 is 0. The molecular formula is C14H18O5P-. The van der Waals surface area contributed by atoms with E-state index in [1.165, 1.54) is 0 Å². The predicted molar refractivity (Wildman–Crippen MR) is 72.5 cm³/mol. The topological polar surface area (TPSA) is 75.7 Å². The van der Waals surface area contributed by atoms with Crippen molar-refractivity contribution < 1.29 is 23.5 Å². The fraction of sp³-hybridized carbons (Fsp3) is 0.500. The van der Waals surface area contributed by atoms with Gasteiger partial charge in [-0.1, -0.05) is 24.3 Å². The van der Waals surface area contributed by atoms with Gasteiger partial charge in [0, 0.05) is 11.9 Å². The van der Waals surface area contributed by atoms with Crippen LogP contribution in [-0.2, 0) is 24.8 Å². The highest BCUT2D eigenvalue weighted by atomic mass is 31.2. The molecule has 0 saturated carbocycles. The molecule has 0 radical (unpaired) electrons. The number of aliphatic carboxylic acids is 1. The van der Waals surface area contributed by atoms with Crippen molar-refractivity contribution in [3.8, 4) is 0 Å². The molecule has 5 nitrogen and oxygen atoms in total. The average molecular weight is 297 g/mol. The zero-order valence-corrected chi connectivity index (χ0v) is 12.5. The molecule has 2 rings (SSSR count). The molecule has 0 fully saturated rings. The number of benzene rings is 1. The van der Waals surface area contributed by atoms with Gasteiger partial charge in [0.2, 0.25) is 0 Å². The molecular weight excluding hydrogens is 279 g/mol. The molecule has 0 saturated heterocycles. The molecule has 1 aromatic rings. The van der Waals surface area contributed by atoms with Crippen LogP contribution in [0.3, 0.4) is 0 Å². The van der Waals surface area contributed by atoms with Crippen molar-refractivity contribution in [2.45, 2.75) is 31.8 Å². The summed E-state index contributed by atoms with van der Waals surface area (Å²) in [6.45, 7) is 3.84. The Morgan fingerprint density at radius 2 is 1.90 bits per heavy atom. The number of hydrogen-bond donors (Lipinski definition) is 0. The second-order valence-electron chi connectivity index (χ2n) is 4.64. The normalized spacial score (nSPS) is 21.7. The number of carbonyl (C=O) groups excluding carboxylic acids is 1. The third-order valence-electron chi connectivity index (χ3n) is 3.48. The Hall–Kier alpha value is -1.16. The van der Waals surface area contributed by atoms with E-state index in [1.54, 1.807) is 26.0 Å². The summed E-state index contributed by atoms with van der Waals surface area (Å²) in [5.74, 6) is -2.19. The Bertz CT molecular complexity index is 532. The Kier molecular flexibility index (Phi) is 4.63. The summed E-state index contributed by atoms with van der Waals surface area (Å²) in [4.78, 5) is 11.5. The van der Waals surface area contributed by atoms with Crippen LogP contribution in [0.4, 0.5) is 0 Å². The molecule has 0 aromatic heterocycles. The van der Waals surface area contributed by atoms with Gasteiger partial charge in [-0.2, -0.15) is 0 Å². The number of carbonyl (C=O) groups is 1. The Morgan fingerprint density at radius 3 is 2.45 bits per heavy atom. The van der Waals surface area contributed by atoms with Crippen LogP contribution < -0.4 is 5.11 Å². The number of carboxylic acid groups (broad SMARTS) is 1. The first kappa shape index (κ1) is 15.2. The van der Waals surface area contributed by atoms with Crippen molar-refractivity contribution in [1.29, 1.82) is 0 Å². The largest absolute Gasteiger partial charge is 0.549 e. The van der Waals surface area contributed by atoms with Crippen LogP contribution in [0.2, 0.25) is 0 Å². The molecule has 2 atom stereocenters. The van der Waals surface area contributed by atoms with E-state index in [9.17, 15) is 14.5 Å². The van der Waals surface area contributed by atoms with Crippen molar-refractivity contribution in [1.82, 2.24) is 0 Å². The fourth-order valence-electron chi connectivity index (χ4n) is 2.74. The van der Waals surface area contributed by atoms with Gasteiger partial charge in [0.25, 0.3) is 0 Å². The first-order chi connectivity index (χ1) is 9.53. The highest BCUT2D eigenvalue weighted by Crippen LogP contribution is 2.60. The second-order valence-corrected chi connectivity index (χ2v) is 6.90. The summed E-state index contributed by atoms with van der Waals surface area (Å²) in [6, 6.07) is 7.18. The lowest BCUT2D eigenvalue weighted by molar-refractivity contribution is -0.307. The molecule has 0 unspecified atom stereocenters. The Morgan fingerprint density at radius 1 is 1.30 bits per heavy atom. The maximum atomic E-state index is 12.9. The van der Waals surface area contributed by atoms with Crippen molar-refractivity contribution in [3.63, 3.8) is 0 Å². The lowest BCUT2D eigenvalue weighted by Gasteiger charge is -2.28. The van der Waals surface area contributed by atoms with Gasteiger partial charge < -0.3 is 18.9 Å². The van der Waals surface area contributed by atoms with E-state index < -0.39 is 25.1 Å². The Balaban J connectivity index is 2.42. The predicted octanol–water partition coefficient (Wildman–Crippen LogP) is 1.71. The van der Waals surface area contributed by atoms with Crippen LogP contribution in [0.15, 0.2) is 24.3 Å². The van der Waals surface area contributed by atoms with E-state index in [1.807, 2.05) is 12.1 Å². The Labute approximate surface area is 118 Å². The average Bonchev–Trinajstić information content (AvgIpc) is 2.79. The van der Waals surface area contributed by atoms with E-state index in [2.05, 4.69) is 0 Å². The number of rotatable bonds is 6. The van der Waals surface area contributed by atoms with E-state index in [0.717, 1.165) is 5.56 Å². The molecule has 1 aromatic carbocycles. The molecule has 0 aliphatic heterocycles. The third kappa shape index (κ3) is 2.66. The molecule has 1 aliphatic rings. The smallest absolute Gasteiger partial charge is 0.335 e. The molecule has 0 heterocycles. The van der Waals surface area contributed by atoms with Gasteiger partial charge in [0.15, 0.2) is 0 Å². The van der Waals surface area contributed by atoms with E-state index in [4.69, 9.17) is 9.05 Å². The number of carboxylic acids is 1. The summed E-state index contributed by atoms with van der Waals surface area (Å²) in [7, 11) is -3.48. The highest BCUT2D eigenvalue weighted by molar-refractivity contribution is 7.54. The molecule has 0 spiro atoms. The van der Waals surface area contributed by atoms with Crippen LogP contribution in [0.25, 0.3) is 0 Å². The van der Waals surface area contributed by atoms with Gasteiger partial charge in [-0.25, -0.2) is 0 Å². The maximum absolute atomic E-state index is 12.9. The quantitative estimate of drug-likeness (QED) is 0.747. The molecule has 0 bridgehead atoms. The zero-order valence-electron chi connectivity index (χ0n) is 11.6. The van der Waals surface area contributed by atoms with Crippen molar-refractivity contribution in [2.75, 3.05) is 13.2 Å². The highest BCUT2D eigenvalue weighted by Gasteiger charge is 2.46. The minimum atomic E-state index is -3.48. The minimum absolute atomic E-state index is 0.212. The SMILES string of the molecule is CCOP(=O)(OCC)[C@@H]1Cc2ccccc2[C@@H]1C(=O)[O-]. The van der Waals surface area contributed by atoms with Crippen LogP contribution in [-0.4, -0.2) is 24.8 Å². The molecule has 110 valence electrons. The van der Waals surface area contributed by atoms with E-state index in [-0.39, 0.29) is 13.2 Å². The van der Waals surface area contributed by atoms with Gasteiger partial charge in [0.1, 0.15) is 0 Å². The van der Waals surface area contributed by atoms with Gasteiger partial charge in [-0.05, 0) is 31.4 Å². The fourth-order valence-corrected chi connectivity index (χ4v) is 4.99. The summed E-state index contributed by atoms with van der Waals surface area (Å²) in [5.41, 5.74) is 0.799. The van der Waals surface area contributed by atoms with Gasteiger partial charge in [0.05, 0.1) is 18.9 Å².